The van der Waals surface area contributed by atoms with Gasteiger partial charge in [0.1, 0.15) is 18.0 Å². The van der Waals surface area contributed by atoms with Gasteiger partial charge in [-0.1, -0.05) is 0 Å². The maximum Gasteiger partial charge on any atom is 0.302 e. The number of rotatable bonds is 5. The van der Waals surface area contributed by atoms with Gasteiger partial charge < -0.3 is 14.5 Å². The molecule has 0 bridgehead atoms. The number of carbonyl (C=O) groups excluding carboxylic acids is 2. The first-order valence-corrected chi connectivity index (χ1v) is 11.3. The fourth-order valence-corrected chi connectivity index (χ4v) is 3.55. The molecule has 0 unspecified atom stereocenters. The summed E-state index contributed by atoms with van der Waals surface area (Å²) in [6, 6.07) is 14.5. The van der Waals surface area contributed by atoms with Gasteiger partial charge in [-0.05, 0) is 84.1 Å². The Balaban J connectivity index is 1.89. The quantitative estimate of drug-likeness (QED) is 0.255. The Morgan fingerprint density at radius 2 is 1.85 bits per heavy atom. The van der Waals surface area contributed by atoms with Crippen molar-refractivity contribution in [1.29, 1.82) is 0 Å². The summed E-state index contributed by atoms with van der Waals surface area (Å²) >= 11 is 2.19. The lowest BCUT2D eigenvalue weighted by Crippen LogP contribution is -2.22. The van der Waals surface area contributed by atoms with Gasteiger partial charge in [0.05, 0.1) is 11.4 Å². The van der Waals surface area contributed by atoms with Gasteiger partial charge in [0.2, 0.25) is 5.55 Å². The third-order valence-electron chi connectivity index (χ3n) is 4.89. The molecule has 0 radical (unpaired) electrons. The number of hydrogen-bond donors (Lipinski definition) is 1. The summed E-state index contributed by atoms with van der Waals surface area (Å²) in [6.07, 6.45) is 1.58. The first-order valence-electron chi connectivity index (χ1n) is 10.2. The first kappa shape index (κ1) is 23.6. The molecule has 0 atom stereocenters. The lowest BCUT2D eigenvalue weighted by atomic mass is 10.1. The number of benzene rings is 2. The van der Waals surface area contributed by atoms with Crippen molar-refractivity contribution in [2.24, 2.45) is 4.99 Å². The normalized spacial score (nSPS) is 11.5. The number of pyridine rings is 1. The Morgan fingerprint density at radius 1 is 1.15 bits per heavy atom. The zero-order valence-electron chi connectivity index (χ0n) is 18.3. The number of ether oxygens (including phenoxy) is 1. The summed E-state index contributed by atoms with van der Waals surface area (Å²) in [6.45, 7) is 3.06. The van der Waals surface area contributed by atoms with E-state index < -0.39 is 17.7 Å². The third-order valence-corrected chi connectivity index (χ3v) is 5.61. The van der Waals surface area contributed by atoms with Gasteiger partial charge in [-0.2, -0.15) is 0 Å². The number of aryl methyl sites for hydroxylation is 1. The fraction of sp³-hybridized carbons (Fsp3) is 0.120. The van der Waals surface area contributed by atoms with Crippen LogP contribution in [0, 0.1) is 16.3 Å². The number of carbonyl (C=O) groups is 2. The number of hydrogen-bond acceptors (Lipinski definition) is 6. The smallest absolute Gasteiger partial charge is 0.302 e. The van der Waals surface area contributed by atoms with E-state index >= 15 is 0 Å². The van der Waals surface area contributed by atoms with Crippen LogP contribution in [0.15, 0.2) is 70.2 Å². The van der Waals surface area contributed by atoms with Gasteiger partial charge in [-0.15, -0.1) is 0 Å². The number of nitrogens with zero attached hydrogens (tertiary/aromatic N) is 2. The van der Waals surface area contributed by atoms with Gasteiger partial charge in [0.15, 0.2) is 5.58 Å². The Kier molecular flexibility index (Phi) is 7.01. The number of fused-ring (bicyclic) bond motifs is 1. The maximum atomic E-state index is 13.3. The lowest BCUT2D eigenvalue weighted by molar-refractivity contribution is -0.142. The second-order valence-corrected chi connectivity index (χ2v) is 8.65. The zero-order chi connectivity index (χ0) is 24.2. The van der Waals surface area contributed by atoms with E-state index in [0.717, 1.165) is 3.57 Å². The maximum absolute atomic E-state index is 13.3. The van der Waals surface area contributed by atoms with E-state index in [-0.39, 0.29) is 17.7 Å². The third kappa shape index (κ3) is 5.48. The highest BCUT2D eigenvalue weighted by molar-refractivity contribution is 14.1. The summed E-state index contributed by atoms with van der Waals surface area (Å²) in [4.78, 5) is 33.5. The molecule has 4 aromatic rings. The minimum absolute atomic E-state index is 0.0265. The highest BCUT2D eigenvalue weighted by Gasteiger charge is 2.17. The molecule has 0 spiro atoms. The van der Waals surface area contributed by atoms with Gasteiger partial charge in [-0.3, -0.25) is 14.6 Å². The van der Waals surface area contributed by atoms with Crippen molar-refractivity contribution >= 4 is 56.8 Å². The molecule has 34 heavy (non-hydrogen) atoms. The molecule has 7 nitrogen and oxygen atoms in total. The number of amides is 1. The summed E-state index contributed by atoms with van der Waals surface area (Å²) < 4.78 is 25.6. The van der Waals surface area contributed by atoms with Crippen LogP contribution < -0.4 is 10.9 Å². The summed E-state index contributed by atoms with van der Waals surface area (Å²) in [5, 5.41) is 3.31. The van der Waals surface area contributed by atoms with Crippen LogP contribution in [-0.4, -0.2) is 16.9 Å². The van der Waals surface area contributed by atoms with E-state index in [1.807, 2.05) is 24.3 Å². The predicted molar refractivity (Wildman–Crippen MR) is 133 cm³/mol. The van der Waals surface area contributed by atoms with Gasteiger partial charge in [-0.25, -0.2) is 9.38 Å². The van der Waals surface area contributed by atoms with Crippen molar-refractivity contribution in [2.45, 2.75) is 20.5 Å². The van der Waals surface area contributed by atoms with Crippen LogP contribution in [0.1, 0.15) is 28.5 Å². The Labute approximate surface area is 207 Å². The SMILES string of the molecule is CC(=O)OCc1cnc(C)c2oc(=Nc3ccc(I)cc3)c(C(=O)Nc3ccc(F)cc3)cc12. The molecule has 2 aromatic heterocycles. The minimum Gasteiger partial charge on any atom is -0.461 e. The fourth-order valence-electron chi connectivity index (χ4n) is 3.19. The molecular formula is C25H19FIN3O4. The predicted octanol–water partition coefficient (Wildman–Crippen LogP) is 5.43. The molecule has 172 valence electrons. The lowest BCUT2D eigenvalue weighted by Gasteiger charge is -2.11. The highest BCUT2D eigenvalue weighted by Crippen LogP contribution is 2.23. The van der Waals surface area contributed by atoms with Crippen LogP contribution >= 0.6 is 22.6 Å². The molecule has 0 aliphatic heterocycles. The van der Waals surface area contributed by atoms with Crippen LogP contribution in [0.5, 0.6) is 0 Å². The average Bonchev–Trinajstić information content (AvgIpc) is 2.81. The molecule has 0 aliphatic rings. The molecule has 0 saturated heterocycles. The molecule has 4 rings (SSSR count). The highest BCUT2D eigenvalue weighted by atomic mass is 127. The Bertz CT molecular complexity index is 1450. The number of esters is 1. The van der Waals surface area contributed by atoms with E-state index in [1.54, 1.807) is 19.2 Å². The molecule has 9 heteroatoms. The summed E-state index contributed by atoms with van der Waals surface area (Å²) in [7, 11) is 0. The second kappa shape index (κ2) is 10.1. The molecule has 1 N–H and O–H groups in total. The van der Waals surface area contributed by atoms with Crippen molar-refractivity contribution in [2.75, 3.05) is 5.32 Å². The van der Waals surface area contributed by atoms with E-state index in [4.69, 9.17) is 9.15 Å². The van der Waals surface area contributed by atoms with Crippen LogP contribution in [-0.2, 0) is 16.1 Å². The summed E-state index contributed by atoms with van der Waals surface area (Å²) in [5.74, 6) is -1.34. The molecule has 0 saturated carbocycles. The van der Waals surface area contributed by atoms with Crippen LogP contribution in [0.4, 0.5) is 15.8 Å². The van der Waals surface area contributed by atoms with Crippen molar-refractivity contribution in [1.82, 2.24) is 4.98 Å². The number of anilines is 1. The number of nitrogens with one attached hydrogen (secondary N) is 1. The first-order chi connectivity index (χ1) is 16.3. The van der Waals surface area contributed by atoms with E-state index in [9.17, 15) is 14.0 Å². The summed E-state index contributed by atoms with van der Waals surface area (Å²) in [5.41, 5.74) is 2.85. The molecule has 0 fully saturated rings. The zero-order valence-corrected chi connectivity index (χ0v) is 20.4. The van der Waals surface area contributed by atoms with Crippen LogP contribution in [0.25, 0.3) is 11.0 Å². The number of halogens is 2. The van der Waals surface area contributed by atoms with Crippen molar-refractivity contribution in [3.05, 3.63) is 92.6 Å². The van der Waals surface area contributed by atoms with Gasteiger partial charge in [0, 0.05) is 33.3 Å². The van der Waals surface area contributed by atoms with Crippen molar-refractivity contribution in [3.63, 3.8) is 0 Å². The Morgan fingerprint density at radius 3 is 2.53 bits per heavy atom. The van der Waals surface area contributed by atoms with Crippen LogP contribution in [0.2, 0.25) is 0 Å². The van der Waals surface area contributed by atoms with Crippen LogP contribution in [0.3, 0.4) is 0 Å². The Hall–Kier alpha value is -3.60. The molecule has 1 amide bonds. The molecule has 2 heterocycles. The van der Waals surface area contributed by atoms with E-state index in [2.05, 4.69) is 37.9 Å². The monoisotopic (exact) mass is 571 g/mol. The average molecular weight is 571 g/mol. The minimum atomic E-state index is -0.491. The topological polar surface area (TPSA) is 93.8 Å². The largest absolute Gasteiger partial charge is 0.461 e. The molecule has 0 aliphatic carbocycles. The number of aromatic nitrogens is 1. The second-order valence-electron chi connectivity index (χ2n) is 7.41. The van der Waals surface area contributed by atoms with E-state index in [1.165, 1.54) is 31.2 Å². The molecular weight excluding hydrogens is 552 g/mol. The van der Waals surface area contributed by atoms with Crippen molar-refractivity contribution in [3.8, 4) is 0 Å². The van der Waals surface area contributed by atoms with Crippen molar-refractivity contribution < 1.29 is 23.1 Å². The van der Waals surface area contributed by atoms with E-state index in [0.29, 0.717) is 33.6 Å². The van der Waals surface area contributed by atoms with Gasteiger partial charge in [0.25, 0.3) is 5.91 Å². The standard InChI is InChI=1S/C25H19FIN3O4/c1-14-23-21(16(12-28-14)13-33-15(2)31)11-22(24(32)29-19-7-3-17(26)4-8-19)25(34-23)30-20-9-5-18(27)6-10-20/h3-12H,13H2,1-2H3,(H,29,32). The van der Waals surface area contributed by atoms with Gasteiger partial charge >= 0.3 is 5.97 Å². The molecule has 2 aromatic carbocycles.